The Morgan fingerprint density at radius 1 is 0.596 bits per heavy atom. The van der Waals surface area contributed by atoms with Gasteiger partial charge in [-0.1, -0.05) is 161 Å². The fourth-order valence-corrected chi connectivity index (χ4v) is 6.72. The molecule has 1 fully saturated rings. The van der Waals surface area contributed by atoms with E-state index in [1.807, 2.05) is 0 Å². The maximum absolute atomic E-state index is 12.7. The van der Waals surface area contributed by atoms with E-state index in [0.717, 1.165) is 32.1 Å². The molecule has 6 atom stereocenters. The van der Waals surface area contributed by atoms with Gasteiger partial charge in [0.1, 0.15) is 30.5 Å². The number of ether oxygens (including phenoxy) is 4. The van der Waals surface area contributed by atoms with E-state index in [1.165, 1.54) is 141 Å². The van der Waals surface area contributed by atoms with Gasteiger partial charge in [0.25, 0.3) is 0 Å². The van der Waals surface area contributed by atoms with Gasteiger partial charge < -0.3 is 39.4 Å². The number of hydrogen-bond acceptors (Lipinski definition) is 9. The van der Waals surface area contributed by atoms with E-state index < -0.39 is 43.4 Å². The number of rotatable bonds is 37. The maximum Gasteiger partial charge on any atom is 0.306 e. The lowest BCUT2D eigenvalue weighted by molar-refractivity contribution is -0.305. The summed E-state index contributed by atoms with van der Waals surface area (Å²) in [6, 6.07) is 0. The minimum Gasteiger partial charge on any atom is -0.457 e. The zero-order chi connectivity index (χ0) is 37.9. The minimum atomic E-state index is -1.53. The van der Waals surface area contributed by atoms with Crippen LogP contribution in [0.5, 0.6) is 0 Å². The highest BCUT2D eigenvalue weighted by Crippen LogP contribution is 2.22. The number of unbranched alkanes of at least 4 members (excludes halogenated alkanes) is 24. The Bertz CT molecular complexity index is 807. The van der Waals surface area contributed by atoms with Crippen LogP contribution in [0.3, 0.4) is 0 Å². The maximum atomic E-state index is 12.7. The summed E-state index contributed by atoms with van der Waals surface area (Å²) in [5.74, 6) is -0.315. The van der Waals surface area contributed by atoms with E-state index in [4.69, 9.17) is 18.9 Å². The summed E-state index contributed by atoms with van der Waals surface area (Å²) < 4.78 is 22.7. The first-order valence-electron chi connectivity index (χ1n) is 21.8. The average molecular weight is 743 g/mol. The highest BCUT2D eigenvalue weighted by Gasteiger charge is 2.44. The molecule has 6 unspecified atom stereocenters. The third kappa shape index (κ3) is 26.7. The van der Waals surface area contributed by atoms with Crippen LogP contribution in [0.2, 0.25) is 0 Å². The van der Waals surface area contributed by atoms with Crippen molar-refractivity contribution in [2.45, 2.75) is 230 Å². The molecular formula is C43H82O9. The molecule has 0 amide bonds. The zero-order valence-electron chi connectivity index (χ0n) is 33.6. The van der Waals surface area contributed by atoms with Crippen LogP contribution in [0.4, 0.5) is 0 Å². The number of hydrogen-bond donors (Lipinski definition) is 4. The lowest BCUT2D eigenvalue weighted by Gasteiger charge is -2.39. The first-order valence-corrected chi connectivity index (χ1v) is 21.8. The topological polar surface area (TPSA) is 135 Å². The Kier molecular flexibility index (Phi) is 33.5. The monoisotopic (exact) mass is 743 g/mol. The van der Waals surface area contributed by atoms with Crippen molar-refractivity contribution in [1.29, 1.82) is 0 Å². The predicted molar refractivity (Wildman–Crippen MR) is 210 cm³/mol. The molecule has 1 rings (SSSR count). The molecule has 0 saturated carbocycles. The molecule has 1 saturated heterocycles. The number of aliphatic hydroxyl groups excluding tert-OH is 4. The number of aliphatic hydroxyl groups is 4. The van der Waals surface area contributed by atoms with E-state index in [-0.39, 0.29) is 19.2 Å². The summed E-state index contributed by atoms with van der Waals surface area (Å²) in [7, 11) is 0. The summed E-state index contributed by atoms with van der Waals surface area (Å²) in [4.78, 5) is 12.7. The highest BCUT2D eigenvalue weighted by molar-refractivity contribution is 5.69. The van der Waals surface area contributed by atoms with E-state index in [0.29, 0.717) is 13.0 Å². The number of esters is 1. The normalized spacial score (nSPS) is 21.2. The fourth-order valence-electron chi connectivity index (χ4n) is 6.72. The molecule has 0 aliphatic carbocycles. The molecule has 52 heavy (non-hydrogen) atoms. The van der Waals surface area contributed by atoms with Gasteiger partial charge in [-0.25, -0.2) is 0 Å². The van der Waals surface area contributed by atoms with Gasteiger partial charge >= 0.3 is 5.97 Å². The molecule has 9 nitrogen and oxygen atoms in total. The van der Waals surface area contributed by atoms with Crippen LogP contribution in [0.25, 0.3) is 0 Å². The highest BCUT2D eigenvalue weighted by atomic mass is 16.7. The van der Waals surface area contributed by atoms with Crippen molar-refractivity contribution < 1.29 is 44.2 Å². The minimum absolute atomic E-state index is 0.110. The van der Waals surface area contributed by atoms with E-state index in [2.05, 4.69) is 26.0 Å². The molecule has 0 spiro atoms. The summed E-state index contributed by atoms with van der Waals surface area (Å²) in [6.07, 6.45) is 31.1. The second kappa shape index (κ2) is 35.6. The van der Waals surface area contributed by atoms with Gasteiger partial charge in [-0.3, -0.25) is 4.79 Å². The second-order valence-electron chi connectivity index (χ2n) is 15.1. The molecule has 0 aromatic rings. The van der Waals surface area contributed by atoms with Crippen LogP contribution in [-0.4, -0.2) is 89.6 Å². The van der Waals surface area contributed by atoms with Crippen LogP contribution in [0.15, 0.2) is 12.2 Å². The Hall–Kier alpha value is -1.07. The Morgan fingerprint density at radius 2 is 1.06 bits per heavy atom. The van der Waals surface area contributed by atoms with Gasteiger partial charge in [0.15, 0.2) is 6.29 Å². The van der Waals surface area contributed by atoms with Gasteiger partial charge in [-0.2, -0.15) is 0 Å². The van der Waals surface area contributed by atoms with Crippen molar-refractivity contribution in [1.82, 2.24) is 0 Å². The van der Waals surface area contributed by atoms with Crippen LogP contribution < -0.4 is 0 Å². The molecule has 0 bridgehead atoms. The first-order chi connectivity index (χ1) is 25.4. The van der Waals surface area contributed by atoms with Crippen molar-refractivity contribution in [2.75, 3.05) is 26.4 Å². The summed E-state index contributed by atoms with van der Waals surface area (Å²) >= 11 is 0. The molecule has 9 heteroatoms. The standard InChI is InChI=1S/C43H82O9/c1-3-5-7-9-11-13-14-15-16-17-18-19-20-21-22-23-24-25-26-28-30-32-39(45)51-37(35-49-33-31-29-27-12-10-8-6-4-2)36-50-43-42(48)41(47)40(46)38(34-44)52-43/h17-18,37-38,40-44,46-48H,3-16,19-36H2,1-2H3/b18-17-. The summed E-state index contributed by atoms with van der Waals surface area (Å²) in [5.41, 5.74) is 0. The lowest BCUT2D eigenvalue weighted by atomic mass is 9.99. The second-order valence-corrected chi connectivity index (χ2v) is 15.1. The summed E-state index contributed by atoms with van der Waals surface area (Å²) in [6.45, 7) is 4.55. The van der Waals surface area contributed by atoms with Crippen LogP contribution >= 0.6 is 0 Å². The Balaban J connectivity index is 2.19. The largest absolute Gasteiger partial charge is 0.457 e. The van der Waals surface area contributed by atoms with Crippen LogP contribution in [-0.2, 0) is 23.7 Å². The molecule has 308 valence electrons. The summed E-state index contributed by atoms with van der Waals surface area (Å²) in [5, 5.41) is 40.0. The SMILES string of the molecule is CCCCCCCCCC/C=C\CCCCCCCCCCCC(=O)OC(COCCCCCCCCCC)COC1OC(CO)C(O)C(O)C1O. The molecular weight excluding hydrogens is 660 g/mol. The predicted octanol–water partition coefficient (Wildman–Crippen LogP) is 9.25. The molecule has 1 aliphatic heterocycles. The number of allylic oxidation sites excluding steroid dienone is 2. The number of carbonyl (C=O) groups excluding carboxylic acids is 1. The van der Waals surface area contributed by atoms with Gasteiger partial charge in [0, 0.05) is 13.0 Å². The first kappa shape index (κ1) is 48.9. The fraction of sp³-hybridized carbons (Fsp3) is 0.930. The quantitative estimate of drug-likeness (QED) is 0.0279. The Morgan fingerprint density at radius 3 is 1.56 bits per heavy atom. The van der Waals surface area contributed by atoms with Gasteiger partial charge in [0.05, 0.1) is 19.8 Å². The van der Waals surface area contributed by atoms with Crippen molar-refractivity contribution in [3.63, 3.8) is 0 Å². The van der Waals surface area contributed by atoms with E-state index in [1.54, 1.807) is 0 Å². The van der Waals surface area contributed by atoms with Crippen molar-refractivity contribution >= 4 is 5.97 Å². The van der Waals surface area contributed by atoms with Gasteiger partial charge in [0.2, 0.25) is 0 Å². The molecule has 1 heterocycles. The van der Waals surface area contributed by atoms with Crippen molar-refractivity contribution in [3.05, 3.63) is 12.2 Å². The Labute approximate surface area is 318 Å². The van der Waals surface area contributed by atoms with Crippen LogP contribution in [0, 0.1) is 0 Å². The van der Waals surface area contributed by atoms with E-state index in [9.17, 15) is 25.2 Å². The molecule has 0 aromatic carbocycles. The van der Waals surface area contributed by atoms with Crippen molar-refractivity contribution in [3.8, 4) is 0 Å². The number of carbonyl (C=O) groups is 1. The molecule has 0 aromatic heterocycles. The molecule has 0 radical (unpaired) electrons. The van der Waals surface area contributed by atoms with Gasteiger partial charge in [-0.15, -0.1) is 0 Å². The lowest BCUT2D eigenvalue weighted by Crippen LogP contribution is -2.59. The van der Waals surface area contributed by atoms with Crippen LogP contribution in [0.1, 0.15) is 194 Å². The molecule has 1 aliphatic rings. The molecule has 4 N–H and O–H groups in total. The third-order valence-electron chi connectivity index (χ3n) is 10.2. The zero-order valence-corrected chi connectivity index (χ0v) is 33.6. The van der Waals surface area contributed by atoms with Crippen molar-refractivity contribution in [2.24, 2.45) is 0 Å². The third-order valence-corrected chi connectivity index (χ3v) is 10.2. The average Bonchev–Trinajstić information content (AvgIpc) is 3.14. The smallest absolute Gasteiger partial charge is 0.306 e. The van der Waals surface area contributed by atoms with Gasteiger partial charge in [-0.05, 0) is 38.5 Å². The van der Waals surface area contributed by atoms with E-state index >= 15 is 0 Å².